The molecular formula is C26H27NO4. The van der Waals surface area contributed by atoms with Gasteiger partial charge in [-0.1, -0.05) is 60.7 Å². The highest BCUT2D eigenvalue weighted by Gasteiger charge is 2.26. The maximum Gasteiger partial charge on any atom is 0.339 e. The fourth-order valence-corrected chi connectivity index (χ4v) is 3.47. The summed E-state index contributed by atoms with van der Waals surface area (Å²) in [5.74, 6) is -0.528. The SMILES string of the molecule is O=C(O)c1ccc(-c2ccc(CCNC[C@H](O)c3ccccc3)cc2)cc1OC1CC1. The van der Waals surface area contributed by atoms with Gasteiger partial charge in [0.15, 0.2) is 0 Å². The van der Waals surface area contributed by atoms with Crippen molar-refractivity contribution in [2.75, 3.05) is 13.1 Å². The van der Waals surface area contributed by atoms with Gasteiger partial charge in [-0.15, -0.1) is 0 Å². The van der Waals surface area contributed by atoms with Gasteiger partial charge in [-0.05, 0) is 60.2 Å². The number of carboxylic acids is 1. The quantitative estimate of drug-likeness (QED) is 0.425. The molecule has 3 aromatic carbocycles. The van der Waals surface area contributed by atoms with Crippen molar-refractivity contribution < 1.29 is 19.7 Å². The van der Waals surface area contributed by atoms with Gasteiger partial charge in [-0.2, -0.15) is 0 Å². The molecule has 0 aliphatic heterocycles. The second-order valence-electron chi connectivity index (χ2n) is 7.91. The molecule has 3 aromatic rings. The van der Waals surface area contributed by atoms with E-state index in [0.717, 1.165) is 42.5 Å². The Morgan fingerprint density at radius 3 is 2.39 bits per heavy atom. The zero-order chi connectivity index (χ0) is 21.6. The lowest BCUT2D eigenvalue weighted by atomic mass is 10.0. The van der Waals surface area contributed by atoms with Crippen molar-refractivity contribution in [1.82, 2.24) is 5.32 Å². The van der Waals surface area contributed by atoms with Crippen LogP contribution in [0.15, 0.2) is 72.8 Å². The number of aliphatic hydroxyl groups is 1. The monoisotopic (exact) mass is 417 g/mol. The zero-order valence-corrected chi connectivity index (χ0v) is 17.3. The number of aliphatic hydroxyl groups excluding tert-OH is 1. The Kier molecular flexibility index (Phi) is 6.65. The van der Waals surface area contributed by atoms with Gasteiger partial charge >= 0.3 is 5.97 Å². The molecule has 0 saturated heterocycles. The summed E-state index contributed by atoms with van der Waals surface area (Å²) in [6.07, 6.45) is 2.45. The van der Waals surface area contributed by atoms with E-state index in [9.17, 15) is 15.0 Å². The molecule has 31 heavy (non-hydrogen) atoms. The van der Waals surface area contributed by atoms with Crippen LogP contribution in [0.25, 0.3) is 11.1 Å². The summed E-state index contributed by atoms with van der Waals surface area (Å²) in [5, 5.41) is 22.9. The molecule has 0 heterocycles. The van der Waals surface area contributed by atoms with Crippen LogP contribution in [0.1, 0.15) is 40.4 Å². The van der Waals surface area contributed by atoms with E-state index in [4.69, 9.17) is 4.74 Å². The van der Waals surface area contributed by atoms with Crippen LogP contribution in [0.4, 0.5) is 0 Å². The molecule has 0 unspecified atom stereocenters. The van der Waals surface area contributed by atoms with Crippen molar-refractivity contribution in [2.24, 2.45) is 0 Å². The van der Waals surface area contributed by atoms with Gasteiger partial charge in [0.1, 0.15) is 11.3 Å². The van der Waals surface area contributed by atoms with Gasteiger partial charge in [0.25, 0.3) is 0 Å². The molecule has 1 fully saturated rings. The Bertz CT molecular complexity index is 1010. The summed E-state index contributed by atoms with van der Waals surface area (Å²) in [6, 6.07) is 23.2. The van der Waals surface area contributed by atoms with E-state index in [1.54, 1.807) is 6.07 Å². The highest BCUT2D eigenvalue weighted by molar-refractivity contribution is 5.92. The van der Waals surface area contributed by atoms with Crippen LogP contribution in [0, 0.1) is 0 Å². The predicted octanol–water partition coefficient (Wildman–Crippen LogP) is 4.46. The molecular weight excluding hydrogens is 390 g/mol. The van der Waals surface area contributed by atoms with Gasteiger partial charge in [0, 0.05) is 6.54 Å². The third-order valence-electron chi connectivity index (χ3n) is 5.43. The topological polar surface area (TPSA) is 78.8 Å². The molecule has 0 radical (unpaired) electrons. The van der Waals surface area contributed by atoms with Gasteiger partial charge < -0.3 is 20.3 Å². The fourth-order valence-electron chi connectivity index (χ4n) is 3.47. The number of benzene rings is 3. The molecule has 4 rings (SSSR count). The summed E-state index contributed by atoms with van der Waals surface area (Å²) in [6.45, 7) is 1.29. The van der Waals surface area contributed by atoms with Crippen molar-refractivity contribution in [1.29, 1.82) is 0 Å². The van der Waals surface area contributed by atoms with Crippen LogP contribution >= 0.6 is 0 Å². The molecule has 1 aliphatic rings. The fraction of sp³-hybridized carbons (Fsp3) is 0.269. The van der Waals surface area contributed by atoms with Crippen LogP contribution in [-0.2, 0) is 6.42 Å². The number of nitrogens with one attached hydrogen (secondary N) is 1. The predicted molar refractivity (Wildman–Crippen MR) is 120 cm³/mol. The van der Waals surface area contributed by atoms with Crippen LogP contribution in [0.5, 0.6) is 5.75 Å². The van der Waals surface area contributed by atoms with Gasteiger partial charge in [-0.3, -0.25) is 0 Å². The highest BCUT2D eigenvalue weighted by atomic mass is 16.5. The molecule has 0 aromatic heterocycles. The number of hydrogen-bond acceptors (Lipinski definition) is 4. The van der Waals surface area contributed by atoms with Crippen LogP contribution in [0.3, 0.4) is 0 Å². The van der Waals surface area contributed by atoms with Crippen molar-refractivity contribution in [2.45, 2.75) is 31.5 Å². The Labute approximate surface area is 182 Å². The smallest absolute Gasteiger partial charge is 0.339 e. The minimum absolute atomic E-state index is 0.142. The van der Waals surface area contributed by atoms with Crippen molar-refractivity contribution in [3.05, 3.63) is 89.5 Å². The minimum atomic E-state index is -0.970. The van der Waals surface area contributed by atoms with Crippen molar-refractivity contribution in [3.8, 4) is 16.9 Å². The van der Waals surface area contributed by atoms with E-state index in [1.807, 2.05) is 54.6 Å². The molecule has 160 valence electrons. The molecule has 0 bridgehead atoms. The van der Waals surface area contributed by atoms with Crippen LogP contribution < -0.4 is 10.1 Å². The Hall–Kier alpha value is -3.15. The molecule has 1 atom stereocenters. The summed E-state index contributed by atoms with van der Waals surface area (Å²) in [7, 11) is 0. The molecule has 5 heteroatoms. The number of aromatic carboxylic acids is 1. The number of hydrogen-bond donors (Lipinski definition) is 3. The standard InChI is InChI=1S/C26H27NO4/c28-24(20-4-2-1-3-5-20)17-27-15-14-18-6-8-19(9-7-18)21-10-13-23(26(29)30)25(16-21)31-22-11-12-22/h1-10,13,16,22,24,27-28H,11-12,14-15,17H2,(H,29,30)/t24-/m0/s1. The molecule has 0 amide bonds. The Balaban J connectivity index is 1.33. The summed E-state index contributed by atoms with van der Waals surface area (Å²) in [4.78, 5) is 11.5. The number of carboxylic acid groups (broad SMARTS) is 1. The highest BCUT2D eigenvalue weighted by Crippen LogP contribution is 2.33. The molecule has 3 N–H and O–H groups in total. The maximum atomic E-state index is 11.5. The number of carbonyl (C=O) groups is 1. The van der Waals surface area contributed by atoms with Crippen molar-refractivity contribution >= 4 is 5.97 Å². The Morgan fingerprint density at radius 1 is 1.00 bits per heavy atom. The summed E-state index contributed by atoms with van der Waals surface area (Å²) < 4.78 is 5.81. The van der Waals surface area contributed by atoms with E-state index in [1.165, 1.54) is 5.56 Å². The second-order valence-corrected chi connectivity index (χ2v) is 7.91. The molecule has 1 saturated carbocycles. The van der Waals surface area contributed by atoms with Crippen LogP contribution in [0.2, 0.25) is 0 Å². The van der Waals surface area contributed by atoms with E-state index in [-0.39, 0.29) is 11.7 Å². The first-order chi connectivity index (χ1) is 15.1. The third-order valence-corrected chi connectivity index (χ3v) is 5.43. The van der Waals surface area contributed by atoms with E-state index < -0.39 is 12.1 Å². The lowest BCUT2D eigenvalue weighted by Crippen LogP contribution is -2.23. The average molecular weight is 418 g/mol. The average Bonchev–Trinajstić information content (AvgIpc) is 3.61. The molecule has 1 aliphatic carbocycles. The molecule has 5 nitrogen and oxygen atoms in total. The van der Waals surface area contributed by atoms with Gasteiger partial charge in [0.2, 0.25) is 0 Å². The van der Waals surface area contributed by atoms with Crippen molar-refractivity contribution in [3.63, 3.8) is 0 Å². The molecule has 0 spiro atoms. The first kappa shape index (κ1) is 21.1. The minimum Gasteiger partial charge on any atom is -0.490 e. The van der Waals surface area contributed by atoms with E-state index in [2.05, 4.69) is 17.4 Å². The van der Waals surface area contributed by atoms with E-state index >= 15 is 0 Å². The number of rotatable bonds is 10. The first-order valence-electron chi connectivity index (χ1n) is 10.7. The largest absolute Gasteiger partial charge is 0.490 e. The first-order valence-corrected chi connectivity index (χ1v) is 10.7. The zero-order valence-electron chi connectivity index (χ0n) is 17.3. The number of ether oxygens (including phenoxy) is 1. The lowest BCUT2D eigenvalue weighted by molar-refractivity contribution is 0.0692. The lowest BCUT2D eigenvalue weighted by Gasteiger charge is -2.13. The van der Waals surface area contributed by atoms with Gasteiger partial charge in [-0.25, -0.2) is 4.79 Å². The van der Waals surface area contributed by atoms with Crippen LogP contribution in [-0.4, -0.2) is 35.4 Å². The Morgan fingerprint density at radius 2 is 1.71 bits per heavy atom. The maximum absolute atomic E-state index is 11.5. The normalized spacial score (nSPS) is 14.2. The summed E-state index contributed by atoms with van der Waals surface area (Å²) in [5.41, 5.74) is 4.28. The summed E-state index contributed by atoms with van der Waals surface area (Å²) >= 11 is 0. The third kappa shape index (κ3) is 5.72. The van der Waals surface area contributed by atoms with Gasteiger partial charge in [0.05, 0.1) is 12.2 Å². The second kappa shape index (κ2) is 9.77. The van der Waals surface area contributed by atoms with E-state index in [0.29, 0.717) is 12.3 Å².